The number of rotatable bonds is 3. The van der Waals surface area contributed by atoms with E-state index < -0.39 is 0 Å². The van der Waals surface area contributed by atoms with Gasteiger partial charge in [-0.15, -0.1) is 0 Å². The van der Waals surface area contributed by atoms with Crippen LogP contribution in [-0.4, -0.2) is 12.3 Å². The van der Waals surface area contributed by atoms with Gasteiger partial charge in [0.15, 0.2) is 0 Å². The first-order valence-electron chi connectivity index (χ1n) is 6.56. The summed E-state index contributed by atoms with van der Waals surface area (Å²) >= 11 is 0. The molecule has 0 aliphatic rings. The first kappa shape index (κ1) is 13.3. The minimum atomic E-state index is 0.275. The number of aromatic nitrogens is 1. The maximum atomic E-state index is 5.96. The quantitative estimate of drug-likeness (QED) is 0.791. The van der Waals surface area contributed by atoms with E-state index in [0.717, 1.165) is 33.8 Å². The zero-order chi connectivity index (χ0) is 15.0. The standard InChI is InChI=1S/C16H16N2O3/c1-9-4-5-11(8-13(9)19-3)14-15(18-21-16(14)17)12-6-7-20-10(12)2/h4-8H,17H2,1-3H3. The molecule has 2 heterocycles. The maximum Gasteiger partial charge on any atom is 0.230 e. The van der Waals surface area contributed by atoms with Crippen molar-refractivity contribution >= 4 is 5.88 Å². The van der Waals surface area contributed by atoms with E-state index in [1.54, 1.807) is 13.4 Å². The first-order valence-corrected chi connectivity index (χ1v) is 6.56. The number of hydrogen-bond acceptors (Lipinski definition) is 5. The lowest BCUT2D eigenvalue weighted by Gasteiger charge is -2.08. The van der Waals surface area contributed by atoms with Gasteiger partial charge in [-0.1, -0.05) is 17.3 Å². The van der Waals surface area contributed by atoms with E-state index in [9.17, 15) is 0 Å². The van der Waals surface area contributed by atoms with E-state index >= 15 is 0 Å². The molecule has 21 heavy (non-hydrogen) atoms. The molecule has 0 unspecified atom stereocenters. The van der Waals surface area contributed by atoms with Crippen LogP contribution in [0.3, 0.4) is 0 Å². The molecule has 0 amide bonds. The number of methoxy groups -OCH3 is 1. The topological polar surface area (TPSA) is 74.4 Å². The molecule has 0 bridgehead atoms. The molecule has 1 aromatic carbocycles. The summed E-state index contributed by atoms with van der Waals surface area (Å²) < 4.78 is 15.9. The van der Waals surface area contributed by atoms with Crippen LogP contribution in [0.2, 0.25) is 0 Å². The lowest BCUT2D eigenvalue weighted by Crippen LogP contribution is -1.91. The molecule has 0 saturated carbocycles. The number of hydrogen-bond donors (Lipinski definition) is 1. The van der Waals surface area contributed by atoms with Gasteiger partial charge in [0, 0.05) is 5.56 Å². The van der Waals surface area contributed by atoms with Crippen LogP contribution in [0.4, 0.5) is 5.88 Å². The molecular weight excluding hydrogens is 268 g/mol. The van der Waals surface area contributed by atoms with Gasteiger partial charge in [0.05, 0.1) is 18.9 Å². The summed E-state index contributed by atoms with van der Waals surface area (Å²) in [6, 6.07) is 7.73. The predicted octanol–water partition coefficient (Wildman–Crippen LogP) is 3.81. The van der Waals surface area contributed by atoms with Crippen LogP contribution in [0.15, 0.2) is 39.5 Å². The number of nitrogens with two attached hydrogens (primary N) is 1. The summed E-state index contributed by atoms with van der Waals surface area (Å²) in [4.78, 5) is 0. The predicted molar refractivity (Wildman–Crippen MR) is 80.1 cm³/mol. The summed E-state index contributed by atoms with van der Waals surface area (Å²) in [5.74, 6) is 1.84. The minimum absolute atomic E-state index is 0.275. The molecule has 5 heteroatoms. The molecule has 3 aromatic rings. The summed E-state index contributed by atoms with van der Waals surface area (Å²) in [6.45, 7) is 3.86. The van der Waals surface area contributed by atoms with E-state index in [1.165, 1.54) is 0 Å². The average molecular weight is 284 g/mol. The van der Waals surface area contributed by atoms with Gasteiger partial charge < -0.3 is 19.4 Å². The van der Waals surface area contributed by atoms with Crippen LogP contribution in [-0.2, 0) is 0 Å². The van der Waals surface area contributed by atoms with Gasteiger partial charge in [-0.2, -0.15) is 0 Å². The molecule has 3 rings (SSSR count). The zero-order valence-electron chi connectivity index (χ0n) is 12.1. The molecule has 0 aliphatic carbocycles. The number of aryl methyl sites for hydroxylation is 2. The van der Waals surface area contributed by atoms with Crippen LogP contribution >= 0.6 is 0 Å². The Kier molecular flexibility index (Phi) is 3.17. The van der Waals surface area contributed by atoms with Gasteiger partial charge in [0.2, 0.25) is 5.88 Å². The zero-order valence-corrected chi connectivity index (χ0v) is 12.1. The van der Waals surface area contributed by atoms with Gasteiger partial charge in [-0.05, 0) is 37.1 Å². The largest absolute Gasteiger partial charge is 0.496 e. The molecule has 108 valence electrons. The van der Waals surface area contributed by atoms with E-state index in [1.807, 2.05) is 38.1 Å². The highest BCUT2D eigenvalue weighted by Gasteiger charge is 2.20. The van der Waals surface area contributed by atoms with Crippen LogP contribution in [0.1, 0.15) is 11.3 Å². The fourth-order valence-electron chi connectivity index (χ4n) is 2.37. The number of nitrogen functional groups attached to an aromatic ring is 1. The van der Waals surface area contributed by atoms with Crippen molar-refractivity contribution in [2.45, 2.75) is 13.8 Å². The third kappa shape index (κ3) is 2.16. The van der Waals surface area contributed by atoms with Crippen molar-refractivity contribution in [3.63, 3.8) is 0 Å². The van der Waals surface area contributed by atoms with E-state index in [-0.39, 0.29) is 5.88 Å². The normalized spacial score (nSPS) is 10.8. The molecule has 0 spiro atoms. The van der Waals surface area contributed by atoms with Gasteiger partial charge in [-0.25, -0.2) is 0 Å². The third-order valence-electron chi connectivity index (χ3n) is 3.53. The summed E-state index contributed by atoms with van der Waals surface area (Å²) in [5.41, 5.74) is 10.2. The molecular formula is C16H16N2O3. The van der Waals surface area contributed by atoms with Gasteiger partial charge >= 0.3 is 0 Å². The molecule has 2 aromatic heterocycles. The van der Waals surface area contributed by atoms with Crippen LogP contribution in [0.25, 0.3) is 22.4 Å². The summed E-state index contributed by atoms with van der Waals surface area (Å²) in [6.07, 6.45) is 1.62. The second kappa shape index (κ2) is 5.01. The Morgan fingerprint density at radius 1 is 1.19 bits per heavy atom. The number of nitrogens with zero attached hydrogens (tertiary/aromatic N) is 1. The molecule has 0 aliphatic heterocycles. The van der Waals surface area contributed by atoms with Crippen LogP contribution in [0.5, 0.6) is 5.75 Å². The van der Waals surface area contributed by atoms with Crippen molar-refractivity contribution in [3.8, 4) is 28.1 Å². The molecule has 0 atom stereocenters. The Labute approximate surface area is 122 Å². The van der Waals surface area contributed by atoms with Crippen molar-refractivity contribution in [1.82, 2.24) is 5.16 Å². The highest BCUT2D eigenvalue weighted by atomic mass is 16.5. The van der Waals surface area contributed by atoms with Crippen molar-refractivity contribution in [2.24, 2.45) is 0 Å². The third-order valence-corrected chi connectivity index (χ3v) is 3.53. The number of anilines is 1. The highest BCUT2D eigenvalue weighted by Crippen LogP contribution is 2.39. The van der Waals surface area contributed by atoms with Crippen LogP contribution < -0.4 is 10.5 Å². The fourth-order valence-corrected chi connectivity index (χ4v) is 2.37. The Balaban J connectivity index is 2.19. The highest BCUT2D eigenvalue weighted by molar-refractivity contribution is 5.87. The molecule has 0 saturated heterocycles. The van der Waals surface area contributed by atoms with E-state index in [0.29, 0.717) is 5.69 Å². The second-order valence-corrected chi connectivity index (χ2v) is 4.85. The van der Waals surface area contributed by atoms with Crippen molar-refractivity contribution in [1.29, 1.82) is 0 Å². The van der Waals surface area contributed by atoms with E-state index in [2.05, 4.69) is 5.16 Å². The molecule has 2 N–H and O–H groups in total. The number of furan rings is 1. The lowest BCUT2D eigenvalue weighted by atomic mass is 10.00. The Hall–Kier alpha value is -2.69. The second-order valence-electron chi connectivity index (χ2n) is 4.85. The average Bonchev–Trinajstić information content (AvgIpc) is 3.05. The number of benzene rings is 1. The Bertz CT molecular complexity index is 787. The molecule has 5 nitrogen and oxygen atoms in total. The smallest absolute Gasteiger partial charge is 0.230 e. The van der Waals surface area contributed by atoms with Gasteiger partial charge in [-0.3, -0.25) is 0 Å². The fraction of sp³-hybridized carbons (Fsp3) is 0.188. The monoisotopic (exact) mass is 284 g/mol. The summed E-state index contributed by atoms with van der Waals surface area (Å²) in [5, 5.41) is 4.07. The van der Waals surface area contributed by atoms with E-state index in [4.69, 9.17) is 19.4 Å². The van der Waals surface area contributed by atoms with Gasteiger partial charge in [0.25, 0.3) is 0 Å². The van der Waals surface area contributed by atoms with Gasteiger partial charge in [0.1, 0.15) is 17.2 Å². The van der Waals surface area contributed by atoms with Crippen LogP contribution in [0, 0.1) is 13.8 Å². The number of ether oxygens (including phenoxy) is 1. The van der Waals surface area contributed by atoms with Crippen molar-refractivity contribution in [2.75, 3.05) is 12.8 Å². The Morgan fingerprint density at radius 2 is 2.00 bits per heavy atom. The molecule has 0 fully saturated rings. The lowest BCUT2D eigenvalue weighted by molar-refractivity contribution is 0.412. The SMILES string of the molecule is COc1cc(-c2c(-c3ccoc3C)noc2N)ccc1C. The Morgan fingerprint density at radius 3 is 2.67 bits per heavy atom. The first-order chi connectivity index (χ1) is 10.1. The van der Waals surface area contributed by atoms with Crippen molar-refractivity contribution < 1.29 is 13.7 Å². The van der Waals surface area contributed by atoms with Crippen molar-refractivity contribution in [3.05, 3.63) is 41.9 Å². The maximum absolute atomic E-state index is 5.96. The minimum Gasteiger partial charge on any atom is -0.496 e. The summed E-state index contributed by atoms with van der Waals surface area (Å²) in [7, 11) is 1.64. The molecule has 0 radical (unpaired) electrons.